The fourth-order valence-electron chi connectivity index (χ4n) is 2.03. The average molecular weight is 379 g/mol. The maximum atomic E-state index is 12.3. The van der Waals surface area contributed by atoms with E-state index in [1.165, 1.54) is 11.5 Å². The van der Waals surface area contributed by atoms with Gasteiger partial charge in [0.05, 0.1) is 0 Å². The van der Waals surface area contributed by atoms with Gasteiger partial charge in [0.2, 0.25) is 0 Å². The van der Waals surface area contributed by atoms with Gasteiger partial charge in [-0.15, -0.1) is 0 Å². The van der Waals surface area contributed by atoms with Crippen LogP contribution in [-0.4, -0.2) is 34.2 Å². The lowest BCUT2D eigenvalue weighted by Crippen LogP contribution is -2.47. The number of carbonyl (C=O) groups is 2. The molecule has 0 saturated carbocycles. The van der Waals surface area contributed by atoms with E-state index in [0.717, 1.165) is 0 Å². The number of rotatable bonds is 4. The van der Waals surface area contributed by atoms with Crippen molar-refractivity contribution < 1.29 is 27.9 Å². The van der Waals surface area contributed by atoms with Crippen LogP contribution in [0.5, 0.6) is 0 Å². The lowest BCUT2D eigenvalue weighted by atomic mass is 10.0. The molecule has 22 heavy (non-hydrogen) atoms. The van der Waals surface area contributed by atoms with E-state index >= 15 is 0 Å². The molecule has 0 aliphatic rings. The molecule has 2 aromatic rings. The van der Waals surface area contributed by atoms with Gasteiger partial charge in [0.25, 0.3) is 0 Å². The number of hydrogen-bond donors (Lipinski definition) is 3. The highest BCUT2D eigenvalue weighted by Crippen LogP contribution is 2.28. The third-order valence-electron chi connectivity index (χ3n) is 3.02. The van der Waals surface area contributed by atoms with E-state index < -0.39 is 24.1 Å². The molecular weight excluding hydrogens is 369 g/mol. The first-order valence-corrected chi connectivity index (χ1v) is 6.84. The zero-order valence-corrected chi connectivity index (χ0v) is 12.5. The Morgan fingerprint density at radius 1 is 1.36 bits per heavy atom. The van der Waals surface area contributed by atoms with Crippen molar-refractivity contribution in [1.82, 2.24) is 10.3 Å². The van der Waals surface area contributed by atoms with Crippen LogP contribution in [0, 0.1) is 0 Å². The smallest absolute Gasteiger partial charge is 0.471 e. The maximum absolute atomic E-state index is 12.3. The predicted molar refractivity (Wildman–Crippen MR) is 75.3 cm³/mol. The van der Waals surface area contributed by atoms with Crippen LogP contribution in [-0.2, 0) is 16.0 Å². The third-order valence-corrected chi connectivity index (χ3v) is 3.68. The summed E-state index contributed by atoms with van der Waals surface area (Å²) in [4.78, 5) is 24.9. The summed E-state index contributed by atoms with van der Waals surface area (Å²) < 4.78 is 37.4. The monoisotopic (exact) mass is 378 g/mol. The molecule has 0 radical (unpaired) electrons. The van der Waals surface area contributed by atoms with E-state index in [4.69, 9.17) is 5.11 Å². The lowest BCUT2D eigenvalue weighted by Gasteiger charge is -2.15. The number of carboxylic acids is 1. The molecule has 1 aromatic carbocycles. The number of alkyl halides is 3. The number of carbonyl (C=O) groups excluding carboxylic acids is 1. The number of halogens is 4. The minimum atomic E-state index is -5.13. The molecule has 0 bridgehead atoms. The Morgan fingerprint density at radius 3 is 2.64 bits per heavy atom. The number of aromatic nitrogens is 1. The van der Waals surface area contributed by atoms with Crippen molar-refractivity contribution in [2.45, 2.75) is 18.6 Å². The molecule has 9 heteroatoms. The fourth-order valence-corrected chi connectivity index (χ4v) is 2.65. The van der Waals surface area contributed by atoms with Gasteiger partial charge in [-0.2, -0.15) is 13.2 Å². The second-order valence-corrected chi connectivity index (χ2v) is 5.40. The molecule has 0 saturated heterocycles. The summed E-state index contributed by atoms with van der Waals surface area (Å²) in [6, 6.07) is 3.55. The molecule has 1 amide bonds. The van der Waals surface area contributed by atoms with Gasteiger partial charge in [-0.3, -0.25) is 4.79 Å². The van der Waals surface area contributed by atoms with Gasteiger partial charge < -0.3 is 15.4 Å². The van der Waals surface area contributed by atoms with Crippen molar-refractivity contribution in [3.05, 3.63) is 34.4 Å². The van der Waals surface area contributed by atoms with Crippen LogP contribution >= 0.6 is 15.9 Å². The molecule has 3 N–H and O–H groups in total. The van der Waals surface area contributed by atoms with Crippen LogP contribution in [0.15, 0.2) is 28.9 Å². The van der Waals surface area contributed by atoms with Gasteiger partial charge in [-0.1, -0.05) is 22.0 Å². The van der Waals surface area contributed by atoms with E-state index in [1.54, 1.807) is 18.2 Å². The summed E-state index contributed by atoms with van der Waals surface area (Å²) in [5.74, 6) is -3.82. The summed E-state index contributed by atoms with van der Waals surface area (Å²) >= 11 is 3.30. The number of aromatic amines is 1. The Labute approximate surface area is 130 Å². The predicted octanol–water partition coefficient (Wildman–Crippen LogP) is 2.60. The van der Waals surface area contributed by atoms with Crippen molar-refractivity contribution in [3.8, 4) is 0 Å². The van der Waals surface area contributed by atoms with E-state index in [0.29, 0.717) is 20.9 Å². The number of aliphatic carboxylic acids is 1. The number of H-pyrrole nitrogens is 1. The third kappa shape index (κ3) is 3.41. The van der Waals surface area contributed by atoms with E-state index in [-0.39, 0.29) is 6.42 Å². The second-order valence-electron chi connectivity index (χ2n) is 4.54. The van der Waals surface area contributed by atoms with Gasteiger partial charge in [-0.25, -0.2) is 4.79 Å². The van der Waals surface area contributed by atoms with Crippen molar-refractivity contribution >= 4 is 38.7 Å². The van der Waals surface area contributed by atoms with Crippen LogP contribution in [0.25, 0.3) is 10.9 Å². The SMILES string of the molecule is O=C(O)C(Cc1c[nH]c2cccc(Br)c12)NC(=O)C(F)(F)F. The Kier molecular flexibility index (Phi) is 4.45. The number of nitrogens with one attached hydrogen (secondary N) is 2. The van der Waals surface area contributed by atoms with E-state index in [1.807, 2.05) is 0 Å². The largest absolute Gasteiger partial charge is 0.480 e. The fraction of sp³-hybridized carbons (Fsp3) is 0.231. The van der Waals surface area contributed by atoms with Gasteiger partial charge in [-0.05, 0) is 17.7 Å². The normalized spacial score (nSPS) is 13.1. The molecule has 0 spiro atoms. The standard InChI is InChI=1S/C13H10BrF3N2O3/c14-7-2-1-3-8-10(7)6(5-18-8)4-9(11(20)21)19-12(22)13(15,16)17/h1-3,5,9,18H,4H2,(H,19,22)(H,20,21). The van der Waals surface area contributed by atoms with Gasteiger partial charge in [0.15, 0.2) is 0 Å². The zero-order chi connectivity index (χ0) is 16.5. The Balaban J connectivity index is 2.28. The summed E-state index contributed by atoms with van der Waals surface area (Å²) in [7, 11) is 0. The topological polar surface area (TPSA) is 82.2 Å². The van der Waals surface area contributed by atoms with Crippen molar-refractivity contribution in [2.24, 2.45) is 0 Å². The number of carboxylic acid groups (broad SMARTS) is 1. The van der Waals surface area contributed by atoms with Crippen LogP contribution in [0.4, 0.5) is 13.2 Å². The summed E-state index contributed by atoms with van der Waals surface area (Å²) in [5, 5.41) is 11.2. The molecular formula is C13H10BrF3N2O3. The first-order chi connectivity index (χ1) is 10.2. The first kappa shape index (κ1) is 16.3. The van der Waals surface area contributed by atoms with E-state index in [2.05, 4.69) is 20.9 Å². The second kappa shape index (κ2) is 5.99. The van der Waals surface area contributed by atoms with Crippen LogP contribution < -0.4 is 5.32 Å². The van der Waals surface area contributed by atoms with Gasteiger partial charge in [0.1, 0.15) is 6.04 Å². The molecule has 5 nitrogen and oxygen atoms in total. The number of amides is 1. The number of fused-ring (bicyclic) bond motifs is 1. The van der Waals surface area contributed by atoms with Crippen molar-refractivity contribution in [2.75, 3.05) is 0 Å². The summed E-state index contributed by atoms with van der Waals surface area (Å²) in [6.07, 6.45) is -3.90. The molecule has 1 unspecified atom stereocenters. The van der Waals surface area contributed by atoms with Crippen molar-refractivity contribution in [3.63, 3.8) is 0 Å². The Bertz CT molecular complexity index is 727. The lowest BCUT2D eigenvalue weighted by molar-refractivity contribution is -0.175. The molecule has 1 atom stereocenters. The quantitative estimate of drug-likeness (QED) is 0.764. The molecule has 1 heterocycles. The van der Waals surface area contributed by atoms with Crippen LogP contribution in [0.3, 0.4) is 0 Å². The minimum Gasteiger partial charge on any atom is -0.480 e. The van der Waals surface area contributed by atoms with Gasteiger partial charge >= 0.3 is 18.1 Å². The van der Waals surface area contributed by atoms with E-state index in [9.17, 15) is 22.8 Å². The summed E-state index contributed by atoms with van der Waals surface area (Å²) in [5.41, 5.74) is 1.19. The Hall–Kier alpha value is -2.03. The number of hydrogen-bond acceptors (Lipinski definition) is 2. The molecule has 0 aliphatic carbocycles. The highest BCUT2D eigenvalue weighted by Gasteiger charge is 2.40. The van der Waals surface area contributed by atoms with Crippen molar-refractivity contribution in [1.29, 1.82) is 0 Å². The average Bonchev–Trinajstić information content (AvgIpc) is 2.81. The molecule has 0 aliphatic heterocycles. The first-order valence-electron chi connectivity index (χ1n) is 6.05. The van der Waals surface area contributed by atoms with Gasteiger partial charge in [0, 0.05) is 28.0 Å². The molecule has 0 fully saturated rings. The van der Waals surface area contributed by atoms with Crippen LogP contribution in [0.1, 0.15) is 5.56 Å². The van der Waals surface area contributed by atoms with Crippen LogP contribution in [0.2, 0.25) is 0 Å². The highest BCUT2D eigenvalue weighted by molar-refractivity contribution is 9.10. The highest BCUT2D eigenvalue weighted by atomic mass is 79.9. The Morgan fingerprint density at radius 2 is 2.05 bits per heavy atom. The summed E-state index contributed by atoms with van der Waals surface area (Å²) in [6.45, 7) is 0. The molecule has 118 valence electrons. The minimum absolute atomic E-state index is 0.278. The maximum Gasteiger partial charge on any atom is 0.471 e. The zero-order valence-electron chi connectivity index (χ0n) is 10.9. The molecule has 2 rings (SSSR count). The number of benzene rings is 1. The molecule has 1 aromatic heterocycles.